The van der Waals surface area contributed by atoms with Crippen LogP contribution in [0.2, 0.25) is 0 Å². The number of carboxylic acid groups (broad SMARTS) is 1. The molecule has 0 aliphatic rings. The van der Waals surface area contributed by atoms with E-state index in [1.165, 1.54) is 51.5 Å². The topological polar surface area (TPSA) is 221 Å². The Labute approximate surface area is 531 Å². The van der Waals surface area contributed by atoms with E-state index in [0.29, 0.717) is 55.9 Å². The smallest absolute Gasteiger partial charge is 0.446 e. The number of pyridine rings is 2. The Morgan fingerprint density at radius 2 is 0.880 bits per heavy atom. The Kier molecular flexibility index (Phi) is 23.7. The van der Waals surface area contributed by atoms with Crippen molar-refractivity contribution in [2.75, 3.05) is 52.9 Å². The van der Waals surface area contributed by atoms with Crippen LogP contribution >= 0.6 is 22.7 Å². The van der Waals surface area contributed by atoms with Gasteiger partial charge in [0, 0.05) is 57.8 Å². The van der Waals surface area contributed by atoms with E-state index in [0.717, 1.165) is 63.3 Å². The zero-order valence-electron chi connectivity index (χ0n) is 49.7. The zero-order valence-corrected chi connectivity index (χ0v) is 51.3. The molecule has 4 heterocycles. The van der Waals surface area contributed by atoms with Crippen LogP contribution in [0, 0.1) is 11.6 Å². The first-order chi connectivity index (χ1) is 44.0. The van der Waals surface area contributed by atoms with Crippen molar-refractivity contribution in [2.24, 2.45) is 0 Å². The molecule has 0 bridgehead atoms. The molecule has 17 nitrogen and oxygen atoms in total. The monoisotopic (exact) mass is 1300 g/mol. The summed E-state index contributed by atoms with van der Waals surface area (Å²) < 4.78 is 102. The molecule has 0 saturated heterocycles. The lowest BCUT2D eigenvalue weighted by atomic mass is 10.1. The van der Waals surface area contributed by atoms with E-state index in [2.05, 4.69) is 0 Å². The number of carbonyl (C=O) groups excluding carboxylic acids is 2. The largest absolute Gasteiger partial charge is 0.508 e. The molecule has 0 unspecified atom stereocenters. The second kappa shape index (κ2) is 31.9. The summed E-state index contributed by atoms with van der Waals surface area (Å²) in [4.78, 5) is 57.8. The number of fused-ring (bicyclic) bond motifs is 2. The first kappa shape index (κ1) is 68.4. The van der Waals surface area contributed by atoms with Crippen LogP contribution in [0.3, 0.4) is 0 Å². The van der Waals surface area contributed by atoms with Gasteiger partial charge < -0.3 is 57.6 Å². The maximum Gasteiger partial charge on any atom is 0.446 e. The minimum Gasteiger partial charge on any atom is -0.508 e. The number of carboxylic acids is 1. The summed E-state index contributed by atoms with van der Waals surface area (Å²) in [6.07, 6.45) is -2.27. The molecule has 0 aliphatic heterocycles. The number of nitrogens with zero attached hydrogens (tertiary/aromatic N) is 2. The number of aldehydes is 1. The molecule has 6 aromatic carbocycles. The molecule has 4 aromatic heterocycles. The van der Waals surface area contributed by atoms with Crippen molar-refractivity contribution in [3.63, 3.8) is 0 Å². The minimum atomic E-state index is -4.64. The van der Waals surface area contributed by atoms with Crippen LogP contribution in [0.1, 0.15) is 20.8 Å². The van der Waals surface area contributed by atoms with Crippen molar-refractivity contribution >= 4 is 61.1 Å². The summed E-state index contributed by atoms with van der Waals surface area (Å²) in [6, 6.07) is 44.2. The Bertz CT molecular complexity index is 4240. The number of hydrogen-bond acceptors (Lipinski definition) is 16. The van der Waals surface area contributed by atoms with Gasteiger partial charge in [0.15, 0.2) is 11.5 Å². The highest BCUT2D eigenvalue weighted by Crippen LogP contribution is 2.49. The highest BCUT2D eigenvalue weighted by Gasteiger charge is 2.25. The molecule has 0 fully saturated rings. The number of hydrogen-bond donors (Lipinski definition) is 3. The fraction of sp³-hybridized carbons (Fsp3) is 0.221. The van der Waals surface area contributed by atoms with Crippen molar-refractivity contribution in [2.45, 2.75) is 45.6 Å². The van der Waals surface area contributed by atoms with Gasteiger partial charge in [-0.1, -0.05) is 48.5 Å². The van der Waals surface area contributed by atoms with Gasteiger partial charge >= 0.3 is 18.1 Å². The lowest BCUT2D eigenvalue weighted by Gasteiger charge is -2.19. The van der Waals surface area contributed by atoms with Crippen LogP contribution in [0.4, 0.5) is 22.0 Å². The van der Waals surface area contributed by atoms with Crippen LogP contribution < -0.4 is 20.6 Å². The maximum atomic E-state index is 13.6. The molecule has 24 heteroatoms. The van der Waals surface area contributed by atoms with E-state index in [1.54, 1.807) is 111 Å². The van der Waals surface area contributed by atoms with E-state index < -0.39 is 30.0 Å². The molecule has 0 spiro atoms. The number of aromatic nitrogens is 2. The van der Waals surface area contributed by atoms with Gasteiger partial charge in [0.25, 0.3) is 11.1 Å². The average Bonchev–Trinajstić information content (AvgIpc) is 1.64. The normalized spacial score (nSPS) is 11.3. The molecule has 3 N–H and O–H groups in total. The van der Waals surface area contributed by atoms with Gasteiger partial charge in [-0.3, -0.25) is 14.4 Å². The summed E-state index contributed by atoms with van der Waals surface area (Å²) >= 11 is 2.90. The maximum absolute atomic E-state index is 13.6. The molecule has 0 aliphatic carbocycles. The summed E-state index contributed by atoms with van der Waals surface area (Å²) in [5.74, 6) is 0.605. The summed E-state index contributed by atoms with van der Waals surface area (Å²) in [5, 5.41) is 30.2. The van der Waals surface area contributed by atoms with Crippen LogP contribution in [0.25, 0.3) is 63.3 Å². The van der Waals surface area contributed by atoms with E-state index in [9.17, 15) is 51.3 Å². The fourth-order valence-electron chi connectivity index (χ4n) is 8.77. The highest BCUT2D eigenvalue weighted by atomic mass is 32.1. The second-order valence-corrected chi connectivity index (χ2v) is 23.1. The molecule has 0 amide bonds. The summed E-state index contributed by atoms with van der Waals surface area (Å²) in [7, 11) is 0. The summed E-state index contributed by atoms with van der Waals surface area (Å²) in [5.41, 5.74) is 3.93. The average molecular weight is 1310 g/mol. The summed E-state index contributed by atoms with van der Waals surface area (Å²) in [6.45, 7) is 7.16. The molecule has 0 radical (unpaired) electrons. The van der Waals surface area contributed by atoms with Crippen molar-refractivity contribution in [3.8, 4) is 77.6 Å². The van der Waals surface area contributed by atoms with Crippen molar-refractivity contribution < 1.29 is 84.8 Å². The van der Waals surface area contributed by atoms with Crippen LogP contribution in [0.15, 0.2) is 180 Å². The number of halogens is 5. The third-order valence-electron chi connectivity index (χ3n) is 13.0. The first-order valence-electron chi connectivity index (χ1n) is 28.3. The number of aliphatic carboxylic acids is 1. The first-order valence-corrected chi connectivity index (χ1v) is 29.9. The fourth-order valence-corrected chi connectivity index (χ4v) is 11.1. The molecular formula is C68H61F5N2O15S2. The molecular weight excluding hydrogens is 1240 g/mol. The minimum absolute atomic E-state index is 0.137. The number of thiophene rings is 2. The molecule has 92 heavy (non-hydrogen) atoms. The SMILES string of the molecule is CC(C)(C)OC(=O)COCCOCCn1ccc(-c2ccc(Oc3c(-c4ccc(F)cc4)sc4cc(O)ccc34)cc2)cc1=O.O=C(O)COCCOCCn1ccc(-c2ccc(Oc3c(-c4ccc(F)cc4)sc4cc(O)ccc34)cc2)cc1=O.O=CC(F)(F)F. The molecule has 0 saturated carbocycles. The molecule has 10 aromatic rings. The van der Waals surface area contributed by atoms with E-state index in [-0.39, 0.29) is 67.3 Å². The van der Waals surface area contributed by atoms with E-state index in [1.807, 2.05) is 60.7 Å². The predicted octanol–water partition coefficient (Wildman–Crippen LogP) is 14.3. The number of aromatic hydroxyl groups is 2. The third-order valence-corrected chi connectivity index (χ3v) is 15.3. The van der Waals surface area contributed by atoms with E-state index >= 15 is 0 Å². The Hall–Kier alpha value is -9.56. The predicted molar refractivity (Wildman–Crippen MR) is 339 cm³/mol. The second-order valence-electron chi connectivity index (χ2n) is 21.0. The molecule has 480 valence electrons. The number of alkyl halides is 3. The Morgan fingerprint density at radius 1 is 0.500 bits per heavy atom. The van der Waals surface area contributed by atoms with E-state index in [4.69, 9.17) is 43.1 Å². The van der Waals surface area contributed by atoms with Crippen LogP contribution in [-0.2, 0) is 51.2 Å². The molecule has 0 atom stereocenters. The lowest BCUT2D eigenvalue weighted by Crippen LogP contribution is -2.27. The third kappa shape index (κ3) is 20.2. The number of ether oxygens (including phenoxy) is 7. The molecule has 10 rings (SSSR count). The highest BCUT2D eigenvalue weighted by molar-refractivity contribution is 7.23. The van der Waals surface area contributed by atoms with Gasteiger partial charge in [-0.05, 0) is 151 Å². The van der Waals surface area contributed by atoms with Crippen molar-refractivity contribution in [1.29, 1.82) is 0 Å². The van der Waals surface area contributed by atoms with Gasteiger partial charge in [-0.25, -0.2) is 18.4 Å². The quantitative estimate of drug-likeness (QED) is 0.0222. The lowest BCUT2D eigenvalue weighted by molar-refractivity contribution is -0.160. The number of carbonyl (C=O) groups is 3. The van der Waals surface area contributed by atoms with Gasteiger partial charge in [0.2, 0.25) is 6.29 Å². The van der Waals surface area contributed by atoms with Gasteiger partial charge in [0.1, 0.15) is 53.4 Å². The van der Waals surface area contributed by atoms with Gasteiger partial charge in [-0.2, -0.15) is 13.2 Å². The van der Waals surface area contributed by atoms with Gasteiger partial charge in [0.05, 0.1) is 49.4 Å². The standard InChI is InChI=1S/C35H34FNO7S.C31H26FNO7S.C2HF3O/c1-35(2,3)44-32(40)22-42-19-18-41-17-16-37-15-14-25(20-31(37)39)23-6-11-28(12-7-23)43-33-29-13-10-27(38)21-30(29)45-34(33)24-4-8-26(36)9-5-24;32-23-5-1-21(2-6-23)31-30(26-10-7-24(34)18-27(26)41-31)40-25-8-3-20(4-9-25)22-11-12-33(28(35)17-22)13-14-38-15-16-39-19-29(36)37;3-2(4,5)1-6/h4-15,20-21,38H,16-19,22H2,1-3H3;1-12,17-18,34H,13-16,19H2,(H,36,37);1H. The number of benzene rings is 6. The number of phenols is 2. The van der Waals surface area contributed by atoms with Crippen LogP contribution in [-0.4, -0.2) is 107 Å². The Morgan fingerprint density at radius 3 is 1.25 bits per heavy atom. The van der Waals surface area contributed by atoms with Crippen molar-refractivity contribution in [1.82, 2.24) is 9.13 Å². The zero-order chi connectivity index (χ0) is 66.0. The number of rotatable bonds is 24. The van der Waals surface area contributed by atoms with Crippen molar-refractivity contribution in [3.05, 3.63) is 202 Å². The van der Waals surface area contributed by atoms with Crippen LogP contribution in [0.5, 0.6) is 34.5 Å². The number of phenolic OH excluding ortho intramolecular Hbond substituents is 2. The Balaban J connectivity index is 0.000000218. The number of esters is 1. The van der Waals surface area contributed by atoms with Gasteiger partial charge in [-0.15, -0.1) is 22.7 Å².